The van der Waals surface area contributed by atoms with Gasteiger partial charge in [-0.2, -0.15) is 0 Å². The van der Waals surface area contributed by atoms with Gasteiger partial charge in [0.2, 0.25) is 0 Å². The lowest BCUT2D eigenvalue weighted by Gasteiger charge is -2.20. The van der Waals surface area contributed by atoms with Gasteiger partial charge in [0.25, 0.3) is 10.0 Å². The standard InChI is InChI=1S/C13H17N5O2S/c1-18-13(9-15-17-18)21(19,20)16-12-8-14-7-11(12)10-5-3-2-4-6-10/h2-6,9,11-12,14,16H,7-8H2,1H3/t11-,12+/m0/s1. The molecule has 1 aromatic heterocycles. The first-order valence-corrected chi connectivity index (χ1v) is 8.19. The fourth-order valence-corrected chi connectivity index (χ4v) is 3.97. The van der Waals surface area contributed by atoms with E-state index in [-0.39, 0.29) is 17.0 Å². The monoisotopic (exact) mass is 307 g/mol. The lowest BCUT2D eigenvalue weighted by atomic mass is 9.95. The fraction of sp³-hybridized carbons (Fsp3) is 0.385. The molecule has 0 spiro atoms. The Kier molecular flexibility index (Phi) is 3.75. The number of benzene rings is 1. The molecule has 8 heteroatoms. The molecule has 21 heavy (non-hydrogen) atoms. The van der Waals surface area contributed by atoms with Crippen LogP contribution in [-0.2, 0) is 17.1 Å². The highest BCUT2D eigenvalue weighted by atomic mass is 32.2. The zero-order valence-corrected chi connectivity index (χ0v) is 12.4. The summed E-state index contributed by atoms with van der Waals surface area (Å²) in [6.07, 6.45) is 1.25. The molecule has 2 aromatic rings. The summed E-state index contributed by atoms with van der Waals surface area (Å²) in [6.45, 7) is 1.35. The van der Waals surface area contributed by atoms with Crippen molar-refractivity contribution in [2.24, 2.45) is 7.05 Å². The number of hydrogen-bond acceptors (Lipinski definition) is 5. The number of hydrogen-bond donors (Lipinski definition) is 2. The summed E-state index contributed by atoms with van der Waals surface area (Å²) in [4.78, 5) is 0. The maximum absolute atomic E-state index is 12.4. The SMILES string of the molecule is Cn1nncc1S(=O)(=O)N[C@@H]1CNC[C@H]1c1ccccc1. The van der Waals surface area contributed by atoms with Gasteiger partial charge in [0.05, 0.1) is 6.20 Å². The van der Waals surface area contributed by atoms with Crippen LogP contribution in [0.1, 0.15) is 11.5 Å². The van der Waals surface area contributed by atoms with E-state index in [0.29, 0.717) is 6.54 Å². The van der Waals surface area contributed by atoms with Crippen LogP contribution in [0.4, 0.5) is 0 Å². The summed E-state index contributed by atoms with van der Waals surface area (Å²) in [5.74, 6) is 0.113. The molecule has 0 amide bonds. The number of sulfonamides is 1. The van der Waals surface area contributed by atoms with Crippen LogP contribution < -0.4 is 10.0 Å². The first-order valence-electron chi connectivity index (χ1n) is 6.70. The molecule has 0 radical (unpaired) electrons. The van der Waals surface area contributed by atoms with Gasteiger partial charge in [-0.1, -0.05) is 35.5 Å². The van der Waals surface area contributed by atoms with E-state index in [1.165, 1.54) is 10.9 Å². The summed E-state index contributed by atoms with van der Waals surface area (Å²) in [6, 6.07) is 9.73. The second-order valence-electron chi connectivity index (χ2n) is 5.10. The third-order valence-corrected chi connectivity index (χ3v) is 5.23. The second-order valence-corrected chi connectivity index (χ2v) is 6.76. The van der Waals surface area contributed by atoms with Crippen LogP contribution in [0.15, 0.2) is 41.6 Å². The van der Waals surface area contributed by atoms with E-state index in [9.17, 15) is 8.42 Å². The van der Waals surface area contributed by atoms with E-state index in [2.05, 4.69) is 20.4 Å². The number of nitrogens with zero attached hydrogens (tertiary/aromatic N) is 3. The van der Waals surface area contributed by atoms with Gasteiger partial charge < -0.3 is 5.32 Å². The number of rotatable bonds is 4. The molecule has 1 aliphatic rings. The Bertz CT molecular complexity index is 713. The minimum atomic E-state index is -3.62. The van der Waals surface area contributed by atoms with Gasteiger partial charge in [-0.25, -0.2) is 17.8 Å². The molecule has 0 unspecified atom stereocenters. The lowest BCUT2D eigenvalue weighted by molar-refractivity contribution is 0.528. The summed E-state index contributed by atoms with van der Waals surface area (Å²) in [7, 11) is -2.07. The normalized spacial score (nSPS) is 22.5. The van der Waals surface area contributed by atoms with E-state index < -0.39 is 10.0 Å². The summed E-state index contributed by atoms with van der Waals surface area (Å²) in [5.41, 5.74) is 1.12. The van der Waals surface area contributed by atoms with Crippen molar-refractivity contribution in [3.8, 4) is 0 Å². The Balaban J connectivity index is 1.83. The number of aryl methyl sites for hydroxylation is 1. The van der Waals surface area contributed by atoms with Crippen LogP contribution in [0, 0.1) is 0 Å². The second kappa shape index (κ2) is 5.55. The van der Waals surface area contributed by atoms with Gasteiger partial charge in [-0.05, 0) is 5.56 Å². The molecular weight excluding hydrogens is 290 g/mol. The van der Waals surface area contributed by atoms with Gasteiger partial charge in [-0.3, -0.25) is 0 Å². The van der Waals surface area contributed by atoms with Crippen LogP contribution in [0.5, 0.6) is 0 Å². The average Bonchev–Trinajstić information content (AvgIpc) is 3.08. The van der Waals surface area contributed by atoms with Gasteiger partial charge in [0, 0.05) is 32.1 Å². The van der Waals surface area contributed by atoms with E-state index >= 15 is 0 Å². The third-order valence-electron chi connectivity index (χ3n) is 3.70. The molecule has 2 N–H and O–H groups in total. The fourth-order valence-electron chi connectivity index (χ4n) is 2.64. The van der Waals surface area contributed by atoms with Crippen molar-refractivity contribution in [2.45, 2.75) is 17.0 Å². The van der Waals surface area contributed by atoms with Crippen molar-refractivity contribution in [1.82, 2.24) is 25.0 Å². The van der Waals surface area contributed by atoms with Gasteiger partial charge in [-0.15, -0.1) is 5.10 Å². The van der Waals surface area contributed by atoms with E-state index in [4.69, 9.17) is 0 Å². The zero-order valence-electron chi connectivity index (χ0n) is 11.6. The highest BCUT2D eigenvalue weighted by Crippen LogP contribution is 2.23. The van der Waals surface area contributed by atoms with Crippen molar-refractivity contribution in [3.63, 3.8) is 0 Å². The van der Waals surface area contributed by atoms with Crippen LogP contribution in [-0.4, -0.2) is 42.5 Å². The largest absolute Gasteiger partial charge is 0.314 e. The number of aromatic nitrogens is 3. The molecule has 1 aliphatic heterocycles. The molecule has 0 aliphatic carbocycles. The minimum absolute atomic E-state index is 0.0706. The van der Waals surface area contributed by atoms with Crippen molar-refractivity contribution >= 4 is 10.0 Å². The highest BCUT2D eigenvalue weighted by Gasteiger charge is 2.33. The lowest BCUT2D eigenvalue weighted by Crippen LogP contribution is -2.40. The van der Waals surface area contributed by atoms with Crippen LogP contribution >= 0.6 is 0 Å². The smallest absolute Gasteiger partial charge is 0.259 e. The van der Waals surface area contributed by atoms with E-state index in [1.807, 2.05) is 30.3 Å². The average molecular weight is 307 g/mol. The molecule has 1 fully saturated rings. The van der Waals surface area contributed by atoms with Crippen molar-refractivity contribution in [3.05, 3.63) is 42.1 Å². The van der Waals surface area contributed by atoms with E-state index in [0.717, 1.165) is 12.1 Å². The summed E-state index contributed by atoms with van der Waals surface area (Å²) in [5, 5.41) is 10.6. The van der Waals surface area contributed by atoms with Crippen LogP contribution in [0.2, 0.25) is 0 Å². The molecule has 2 atom stereocenters. The van der Waals surface area contributed by atoms with Crippen molar-refractivity contribution in [2.75, 3.05) is 13.1 Å². The molecule has 3 rings (SSSR count). The van der Waals surface area contributed by atoms with E-state index in [1.54, 1.807) is 7.05 Å². The Labute approximate surface area is 123 Å². The molecule has 2 heterocycles. The number of nitrogens with one attached hydrogen (secondary N) is 2. The molecule has 0 bridgehead atoms. The first kappa shape index (κ1) is 14.2. The predicted molar refractivity (Wildman–Crippen MR) is 77.2 cm³/mol. The van der Waals surface area contributed by atoms with Crippen molar-refractivity contribution < 1.29 is 8.42 Å². The Morgan fingerprint density at radius 3 is 2.71 bits per heavy atom. The third kappa shape index (κ3) is 2.82. The molecule has 7 nitrogen and oxygen atoms in total. The van der Waals surface area contributed by atoms with Crippen LogP contribution in [0.25, 0.3) is 0 Å². The summed E-state index contributed by atoms with van der Waals surface area (Å²) >= 11 is 0. The quantitative estimate of drug-likeness (QED) is 0.820. The molecule has 112 valence electrons. The van der Waals surface area contributed by atoms with Crippen molar-refractivity contribution in [1.29, 1.82) is 0 Å². The topological polar surface area (TPSA) is 88.9 Å². The van der Waals surface area contributed by atoms with Crippen LogP contribution in [0.3, 0.4) is 0 Å². The zero-order chi connectivity index (χ0) is 14.9. The van der Waals surface area contributed by atoms with Gasteiger partial charge in [0.15, 0.2) is 5.03 Å². The predicted octanol–water partition coefficient (Wildman–Crippen LogP) is -0.151. The Morgan fingerprint density at radius 1 is 1.29 bits per heavy atom. The molecular formula is C13H17N5O2S. The van der Waals surface area contributed by atoms with Gasteiger partial charge >= 0.3 is 0 Å². The Hall–Kier alpha value is -1.77. The Morgan fingerprint density at radius 2 is 2.05 bits per heavy atom. The highest BCUT2D eigenvalue weighted by molar-refractivity contribution is 7.89. The molecule has 1 saturated heterocycles. The van der Waals surface area contributed by atoms with Gasteiger partial charge in [0.1, 0.15) is 0 Å². The maximum atomic E-state index is 12.4. The minimum Gasteiger partial charge on any atom is -0.314 e. The summed E-state index contributed by atoms with van der Waals surface area (Å²) < 4.78 is 28.8. The first-order chi connectivity index (χ1) is 10.1. The maximum Gasteiger partial charge on any atom is 0.259 e. The molecule has 1 aromatic carbocycles. The molecule has 0 saturated carbocycles.